The van der Waals surface area contributed by atoms with Crippen molar-refractivity contribution in [2.75, 3.05) is 19.6 Å². The zero-order valence-corrected chi connectivity index (χ0v) is 13.8. The number of likely N-dealkylation sites (N-methyl/N-ethyl adjacent to an activating group) is 1. The maximum absolute atomic E-state index is 12.5. The lowest BCUT2D eigenvalue weighted by molar-refractivity contribution is 0.0940. The van der Waals surface area contributed by atoms with Crippen LogP contribution in [0, 0.1) is 6.92 Å². The molecule has 2 aromatic rings. The van der Waals surface area contributed by atoms with Gasteiger partial charge in [0.25, 0.3) is 5.91 Å². The van der Waals surface area contributed by atoms with Crippen LogP contribution in [0.15, 0.2) is 36.5 Å². The summed E-state index contributed by atoms with van der Waals surface area (Å²) in [5.41, 5.74) is 2.49. The second-order valence-corrected chi connectivity index (χ2v) is 6.03. The van der Waals surface area contributed by atoms with E-state index in [-0.39, 0.29) is 5.91 Å². The highest BCUT2D eigenvalue weighted by Gasteiger charge is 2.24. The molecular formula is C18H24N4O. The van der Waals surface area contributed by atoms with Crippen LogP contribution in [0.3, 0.4) is 0 Å². The van der Waals surface area contributed by atoms with Crippen molar-refractivity contribution in [2.24, 2.45) is 0 Å². The van der Waals surface area contributed by atoms with Gasteiger partial charge >= 0.3 is 0 Å². The topological polar surface area (TPSA) is 50.2 Å². The summed E-state index contributed by atoms with van der Waals surface area (Å²) in [7, 11) is 0. The van der Waals surface area contributed by atoms with Gasteiger partial charge in [0.05, 0.1) is 23.1 Å². The van der Waals surface area contributed by atoms with Crippen LogP contribution in [0.5, 0.6) is 0 Å². The van der Waals surface area contributed by atoms with E-state index in [1.165, 1.54) is 6.42 Å². The van der Waals surface area contributed by atoms with Gasteiger partial charge in [0, 0.05) is 12.6 Å². The SMILES string of the molecule is CCN1CCCC1CNC(=O)c1cnn(-c2ccccc2)c1C. The van der Waals surface area contributed by atoms with E-state index in [0.717, 1.165) is 30.9 Å². The van der Waals surface area contributed by atoms with Gasteiger partial charge in [-0.05, 0) is 45.0 Å². The van der Waals surface area contributed by atoms with Gasteiger partial charge in [-0.25, -0.2) is 4.68 Å². The lowest BCUT2D eigenvalue weighted by atomic mass is 10.2. The minimum absolute atomic E-state index is 0.0346. The Hall–Kier alpha value is -2.14. The van der Waals surface area contributed by atoms with Crippen molar-refractivity contribution in [3.63, 3.8) is 0 Å². The minimum atomic E-state index is -0.0346. The van der Waals surface area contributed by atoms with Crippen LogP contribution in [-0.2, 0) is 0 Å². The van der Waals surface area contributed by atoms with Gasteiger partial charge in [-0.2, -0.15) is 5.10 Å². The van der Waals surface area contributed by atoms with Crippen LogP contribution in [0.2, 0.25) is 0 Å². The van der Waals surface area contributed by atoms with E-state index in [1.54, 1.807) is 6.20 Å². The highest BCUT2D eigenvalue weighted by Crippen LogP contribution is 2.17. The first-order valence-corrected chi connectivity index (χ1v) is 8.33. The second-order valence-electron chi connectivity index (χ2n) is 6.03. The summed E-state index contributed by atoms with van der Waals surface area (Å²) in [5.74, 6) is -0.0346. The summed E-state index contributed by atoms with van der Waals surface area (Å²) >= 11 is 0. The normalized spacial score (nSPS) is 18.3. The molecule has 1 atom stereocenters. The highest BCUT2D eigenvalue weighted by molar-refractivity contribution is 5.95. The predicted molar refractivity (Wildman–Crippen MR) is 90.9 cm³/mol. The molecule has 1 aromatic heterocycles. The molecule has 1 N–H and O–H groups in total. The lowest BCUT2D eigenvalue weighted by Gasteiger charge is -2.22. The Labute approximate surface area is 137 Å². The number of aromatic nitrogens is 2. The maximum Gasteiger partial charge on any atom is 0.254 e. The molecule has 0 spiro atoms. The Morgan fingerprint density at radius 1 is 1.35 bits per heavy atom. The number of hydrogen-bond donors (Lipinski definition) is 1. The van der Waals surface area contributed by atoms with Crippen molar-refractivity contribution in [1.82, 2.24) is 20.0 Å². The monoisotopic (exact) mass is 312 g/mol. The minimum Gasteiger partial charge on any atom is -0.350 e. The number of hydrogen-bond acceptors (Lipinski definition) is 3. The fourth-order valence-corrected chi connectivity index (χ4v) is 3.31. The molecule has 1 aromatic carbocycles. The van der Waals surface area contributed by atoms with E-state index in [4.69, 9.17) is 0 Å². The van der Waals surface area contributed by atoms with Crippen LogP contribution in [-0.4, -0.2) is 46.3 Å². The van der Waals surface area contributed by atoms with Crippen molar-refractivity contribution < 1.29 is 4.79 Å². The standard InChI is InChI=1S/C18H24N4O/c1-3-21-11-7-10-16(21)12-19-18(23)17-13-20-22(14(17)2)15-8-5-4-6-9-15/h4-6,8-9,13,16H,3,7,10-12H2,1-2H3,(H,19,23). The summed E-state index contributed by atoms with van der Waals surface area (Å²) in [4.78, 5) is 14.9. The number of para-hydroxylation sites is 1. The number of likely N-dealkylation sites (tertiary alicyclic amines) is 1. The molecule has 1 amide bonds. The summed E-state index contributed by atoms with van der Waals surface area (Å²) < 4.78 is 1.81. The van der Waals surface area contributed by atoms with Gasteiger partial charge in [0.1, 0.15) is 0 Å². The predicted octanol–water partition coefficient (Wildman–Crippen LogP) is 2.39. The third-order valence-electron chi connectivity index (χ3n) is 4.66. The molecule has 1 saturated heterocycles. The molecule has 1 unspecified atom stereocenters. The summed E-state index contributed by atoms with van der Waals surface area (Å²) in [6.45, 7) is 7.01. The van der Waals surface area contributed by atoms with Crippen LogP contribution >= 0.6 is 0 Å². The summed E-state index contributed by atoms with van der Waals surface area (Å²) in [6.07, 6.45) is 4.04. The maximum atomic E-state index is 12.5. The number of nitrogens with one attached hydrogen (secondary N) is 1. The Morgan fingerprint density at radius 3 is 2.87 bits per heavy atom. The molecule has 0 bridgehead atoms. The van der Waals surface area contributed by atoms with Crippen LogP contribution in [0.1, 0.15) is 35.8 Å². The van der Waals surface area contributed by atoms with Crippen LogP contribution < -0.4 is 5.32 Å². The van der Waals surface area contributed by atoms with Gasteiger partial charge in [0.15, 0.2) is 0 Å². The lowest BCUT2D eigenvalue weighted by Crippen LogP contribution is -2.40. The van der Waals surface area contributed by atoms with Crippen LogP contribution in [0.25, 0.3) is 5.69 Å². The zero-order chi connectivity index (χ0) is 16.2. The number of carbonyl (C=O) groups excluding carboxylic acids is 1. The Balaban J connectivity index is 1.68. The first-order chi connectivity index (χ1) is 11.2. The first kappa shape index (κ1) is 15.7. The number of rotatable bonds is 5. The zero-order valence-electron chi connectivity index (χ0n) is 13.8. The number of nitrogens with zero attached hydrogens (tertiary/aromatic N) is 3. The van der Waals surface area contributed by atoms with E-state index < -0.39 is 0 Å². The third-order valence-corrected chi connectivity index (χ3v) is 4.66. The number of benzene rings is 1. The molecule has 2 heterocycles. The molecule has 1 aliphatic rings. The van der Waals surface area contributed by atoms with E-state index in [0.29, 0.717) is 18.2 Å². The molecular weight excluding hydrogens is 288 g/mol. The van der Waals surface area contributed by atoms with Crippen molar-refractivity contribution in [3.05, 3.63) is 47.8 Å². The Bertz CT molecular complexity index is 665. The van der Waals surface area contributed by atoms with Gasteiger partial charge < -0.3 is 5.32 Å². The Morgan fingerprint density at radius 2 is 2.13 bits per heavy atom. The van der Waals surface area contributed by atoms with Crippen molar-refractivity contribution in [3.8, 4) is 5.69 Å². The van der Waals surface area contributed by atoms with Crippen molar-refractivity contribution in [2.45, 2.75) is 32.7 Å². The number of carbonyl (C=O) groups is 1. The molecule has 5 nitrogen and oxygen atoms in total. The van der Waals surface area contributed by atoms with Gasteiger partial charge in [-0.15, -0.1) is 0 Å². The van der Waals surface area contributed by atoms with E-state index in [1.807, 2.05) is 41.9 Å². The molecule has 122 valence electrons. The molecule has 0 aliphatic carbocycles. The Kier molecular flexibility index (Phi) is 4.76. The molecule has 3 rings (SSSR count). The van der Waals surface area contributed by atoms with Crippen LogP contribution in [0.4, 0.5) is 0 Å². The highest BCUT2D eigenvalue weighted by atomic mass is 16.1. The second kappa shape index (κ2) is 6.96. The molecule has 1 aliphatic heterocycles. The largest absolute Gasteiger partial charge is 0.350 e. The fraction of sp³-hybridized carbons (Fsp3) is 0.444. The van der Waals surface area contributed by atoms with E-state index in [2.05, 4.69) is 22.2 Å². The van der Waals surface area contributed by atoms with E-state index >= 15 is 0 Å². The molecule has 0 radical (unpaired) electrons. The summed E-state index contributed by atoms with van der Waals surface area (Å²) in [6, 6.07) is 10.3. The molecule has 1 fully saturated rings. The quantitative estimate of drug-likeness (QED) is 0.922. The molecule has 0 saturated carbocycles. The first-order valence-electron chi connectivity index (χ1n) is 8.33. The van der Waals surface area contributed by atoms with Crippen molar-refractivity contribution >= 4 is 5.91 Å². The van der Waals surface area contributed by atoms with Gasteiger partial charge in [-0.1, -0.05) is 25.1 Å². The van der Waals surface area contributed by atoms with Crippen molar-refractivity contribution in [1.29, 1.82) is 0 Å². The smallest absolute Gasteiger partial charge is 0.254 e. The summed E-state index contributed by atoms with van der Waals surface area (Å²) in [5, 5.41) is 7.44. The molecule has 5 heteroatoms. The van der Waals surface area contributed by atoms with Gasteiger partial charge in [0.2, 0.25) is 0 Å². The average Bonchev–Trinajstić information content (AvgIpc) is 3.19. The molecule has 23 heavy (non-hydrogen) atoms. The van der Waals surface area contributed by atoms with E-state index in [9.17, 15) is 4.79 Å². The van der Waals surface area contributed by atoms with Gasteiger partial charge in [-0.3, -0.25) is 9.69 Å². The fourth-order valence-electron chi connectivity index (χ4n) is 3.31. The third kappa shape index (κ3) is 3.29. The average molecular weight is 312 g/mol. The number of amides is 1.